The highest BCUT2D eigenvalue weighted by Crippen LogP contribution is 2.47. The molecule has 8 atom stereocenters. The van der Waals surface area contributed by atoms with Crippen LogP contribution in [-0.2, 0) is 32.7 Å². The minimum absolute atomic E-state index is 0.0494. The zero-order valence-electron chi connectivity index (χ0n) is 37.0. The van der Waals surface area contributed by atoms with E-state index in [0.29, 0.717) is 12.8 Å². The minimum atomic E-state index is -5.13. The summed E-state index contributed by atoms with van der Waals surface area (Å²) in [5.74, 6) is -1.14. The molecule has 14 heteroatoms. The van der Waals surface area contributed by atoms with Crippen molar-refractivity contribution in [2.75, 3.05) is 13.2 Å². The first-order valence-corrected chi connectivity index (χ1v) is 24.8. The fraction of sp³-hybridized carbons (Fsp3) is 0.826. The van der Waals surface area contributed by atoms with E-state index in [0.717, 1.165) is 51.4 Å². The first-order valence-electron chi connectivity index (χ1n) is 23.3. The molecule has 1 aliphatic carbocycles. The first-order chi connectivity index (χ1) is 28.9. The Hall–Kier alpha value is -1.93. The highest BCUT2D eigenvalue weighted by Gasteiger charge is 2.51. The molecule has 0 bridgehead atoms. The molecule has 0 aromatic carbocycles. The zero-order chi connectivity index (χ0) is 44.3. The van der Waals surface area contributed by atoms with Gasteiger partial charge in [-0.05, 0) is 51.4 Å². The van der Waals surface area contributed by atoms with Gasteiger partial charge in [-0.1, -0.05) is 159 Å². The van der Waals surface area contributed by atoms with Crippen LogP contribution in [0.25, 0.3) is 0 Å². The third-order valence-corrected chi connectivity index (χ3v) is 11.7. The average Bonchev–Trinajstić information content (AvgIpc) is 3.23. The summed E-state index contributed by atoms with van der Waals surface area (Å²) in [5.41, 5.74) is 0. The van der Waals surface area contributed by atoms with E-state index in [4.69, 9.17) is 18.5 Å². The van der Waals surface area contributed by atoms with Crippen molar-refractivity contribution in [2.24, 2.45) is 0 Å². The van der Waals surface area contributed by atoms with Gasteiger partial charge in [-0.25, -0.2) is 4.57 Å². The molecule has 6 unspecified atom stereocenters. The van der Waals surface area contributed by atoms with Gasteiger partial charge in [0.05, 0.1) is 6.61 Å². The third-order valence-electron chi connectivity index (χ3n) is 10.7. The van der Waals surface area contributed by atoms with Crippen molar-refractivity contribution in [3.63, 3.8) is 0 Å². The summed E-state index contributed by atoms with van der Waals surface area (Å²) in [4.78, 5) is 35.7. The van der Waals surface area contributed by atoms with Crippen LogP contribution >= 0.6 is 7.82 Å². The SMILES string of the molecule is CCCCC/C=C/C/C=C/C/C=C/CCCCC(=O)O[C@@H](COC(=O)CCCCCCCCCCCCCCCCCC)COP(=O)(O)OC1C(O)C(O)C(O)[C@H](O)C1O. The van der Waals surface area contributed by atoms with Crippen LogP contribution in [0.5, 0.6) is 0 Å². The van der Waals surface area contributed by atoms with Crippen molar-refractivity contribution in [3.8, 4) is 0 Å². The lowest BCUT2D eigenvalue weighted by Gasteiger charge is -2.41. The summed E-state index contributed by atoms with van der Waals surface area (Å²) in [6.07, 6.45) is 27.7. The lowest BCUT2D eigenvalue weighted by molar-refractivity contribution is -0.220. The van der Waals surface area contributed by atoms with Gasteiger partial charge in [-0.2, -0.15) is 0 Å². The van der Waals surface area contributed by atoms with Gasteiger partial charge in [0.2, 0.25) is 0 Å². The van der Waals surface area contributed by atoms with Gasteiger partial charge < -0.3 is 39.9 Å². The highest BCUT2D eigenvalue weighted by molar-refractivity contribution is 7.47. The van der Waals surface area contributed by atoms with E-state index in [-0.39, 0.29) is 12.8 Å². The lowest BCUT2D eigenvalue weighted by Crippen LogP contribution is -2.64. The zero-order valence-corrected chi connectivity index (χ0v) is 37.9. The van der Waals surface area contributed by atoms with Crippen LogP contribution in [0.3, 0.4) is 0 Å². The Balaban J connectivity index is 2.48. The molecule has 6 N–H and O–H groups in total. The van der Waals surface area contributed by atoms with Gasteiger partial charge in [-0.15, -0.1) is 0 Å². The van der Waals surface area contributed by atoms with Crippen LogP contribution in [0.2, 0.25) is 0 Å². The molecule has 0 radical (unpaired) electrons. The molecule has 13 nitrogen and oxygen atoms in total. The molecule has 0 spiro atoms. The van der Waals surface area contributed by atoms with Crippen LogP contribution in [0.4, 0.5) is 0 Å². The highest BCUT2D eigenvalue weighted by atomic mass is 31.2. The second-order valence-electron chi connectivity index (χ2n) is 16.3. The first kappa shape index (κ1) is 56.1. The largest absolute Gasteiger partial charge is 0.472 e. The van der Waals surface area contributed by atoms with Crippen LogP contribution in [-0.4, -0.2) is 98.3 Å². The monoisotopic (exact) mass is 875 g/mol. The quantitative estimate of drug-likeness (QED) is 0.0148. The molecular formula is C46H83O13P. The number of aliphatic hydroxyl groups is 5. The standard InChI is InChI=1S/C46H83O13P/c1-3-5-7-9-11-13-15-17-19-21-22-24-26-28-30-32-34-39(47)56-36-38(37-57-60(54,55)59-46-44(52)42(50)41(49)43(51)45(46)53)58-40(48)35-33-31-29-27-25-23-20-18-16-14-12-10-8-6-4-2/h12,14,18,20,25,27,38,41-46,49-53H,3-11,13,15-17,19,21-24,26,28-37H2,1-2H3,(H,54,55)/b14-12+,20-18+,27-25+/t38-,41?,42-,43?,44?,45?,46?/m0/s1. The summed E-state index contributed by atoms with van der Waals surface area (Å²) in [6.45, 7) is 3.24. The molecule has 1 saturated carbocycles. The number of aliphatic hydroxyl groups excluding tert-OH is 5. The molecule has 0 heterocycles. The predicted molar refractivity (Wildman–Crippen MR) is 235 cm³/mol. The van der Waals surface area contributed by atoms with E-state index in [1.807, 2.05) is 0 Å². The summed E-state index contributed by atoms with van der Waals surface area (Å²) in [7, 11) is -5.13. The Morgan fingerprint density at radius 1 is 0.517 bits per heavy atom. The van der Waals surface area contributed by atoms with Gasteiger partial charge in [0.25, 0.3) is 0 Å². The molecule has 1 aliphatic rings. The molecule has 350 valence electrons. The number of unbranched alkanes of at least 4 members (excludes halogenated alkanes) is 20. The van der Waals surface area contributed by atoms with Crippen molar-refractivity contribution >= 4 is 19.8 Å². The lowest BCUT2D eigenvalue weighted by atomic mass is 9.85. The fourth-order valence-corrected chi connectivity index (χ4v) is 7.91. The molecule has 1 fully saturated rings. The number of rotatable bonds is 38. The number of hydrogen-bond acceptors (Lipinski definition) is 12. The maximum absolute atomic E-state index is 12.8. The van der Waals surface area contributed by atoms with Crippen LogP contribution in [0, 0.1) is 0 Å². The number of allylic oxidation sites excluding steroid dienone is 6. The second-order valence-corrected chi connectivity index (χ2v) is 17.7. The van der Waals surface area contributed by atoms with Gasteiger partial charge >= 0.3 is 19.8 Å². The average molecular weight is 875 g/mol. The van der Waals surface area contributed by atoms with Crippen molar-refractivity contribution in [3.05, 3.63) is 36.5 Å². The van der Waals surface area contributed by atoms with Gasteiger partial charge in [-0.3, -0.25) is 18.6 Å². The summed E-state index contributed by atoms with van der Waals surface area (Å²) in [5, 5.41) is 50.1. The number of ether oxygens (including phenoxy) is 2. The number of carbonyl (C=O) groups is 2. The summed E-state index contributed by atoms with van der Waals surface area (Å²) >= 11 is 0. The van der Waals surface area contributed by atoms with E-state index < -0.39 is 75.7 Å². The Bertz CT molecular complexity index is 1190. The molecule has 0 amide bonds. The molecule has 60 heavy (non-hydrogen) atoms. The van der Waals surface area contributed by atoms with Gasteiger partial charge in [0, 0.05) is 12.8 Å². The van der Waals surface area contributed by atoms with Gasteiger partial charge in [0.15, 0.2) is 6.10 Å². The predicted octanol–water partition coefficient (Wildman–Crippen LogP) is 9.00. The third kappa shape index (κ3) is 28.6. The molecule has 0 aromatic heterocycles. The maximum Gasteiger partial charge on any atom is 0.472 e. The maximum atomic E-state index is 12.8. The van der Waals surface area contributed by atoms with Crippen LogP contribution < -0.4 is 0 Å². The number of phosphoric acid groups is 1. The van der Waals surface area contributed by atoms with E-state index in [1.165, 1.54) is 96.3 Å². The number of carbonyl (C=O) groups excluding carboxylic acids is 2. The molecule has 0 saturated heterocycles. The van der Waals surface area contributed by atoms with Crippen LogP contribution in [0.15, 0.2) is 36.5 Å². The van der Waals surface area contributed by atoms with E-state index in [2.05, 4.69) is 50.3 Å². The summed E-state index contributed by atoms with van der Waals surface area (Å²) in [6, 6.07) is 0. The van der Waals surface area contributed by atoms with Crippen molar-refractivity contribution in [2.45, 2.75) is 230 Å². The Labute approximate surface area is 361 Å². The van der Waals surface area contributed by atoms with Crippen LogP contribution in [0.1, 0.15) is 187 Å². The fourth-order valence-electron chi connectivity index (χ4n) is 6.94. The molecule has 1 rings (SSSR count). The molecule has 0 aromatic rings. The van der Waals surface area contributed by atoms with E-state index in [1.54, 1.807) is 0 Å². The van der Waals surface area contributed by atoms with Gasteiger partial charge in [0.1, 0.15) is 43.2 Å². The minimum Gasteiger partial charge on any atom is -0.462 e. The topological polar surface area (TPSA) is 210 Å². The second kappa shape index (κ2) is 36.5. The number of phosphoric ester groups is 1. The molecular weight excluding hydrogens is 791 g/mol. The Kier molecular flexibility index (Phi) is 34.2. The van der Waals surface area contributed by atoms with Crippen molar-refractivity contribution in [1.29, 1.82) is 0 Å². The van der Waals surface area contributed by atoms with Crippen molar-refractivity contribution < 1.29 is 63.1 Å². The normalized spacial score (nSPS) is 22.5. The molecule has 0 aliphatic heterocycles. The van der Waals surface area contributed by atoms with E-state index >= 15 is 0 Å². The summed E-state index contributed by atoms with van der Waals surface area (Å²) < 4.78 is 33.5. The smallest absolute Gasteiger partial charge is 0.462 e. The Morgan fingerprint density at radius 3 is 1.40 bits per heavy atom. The Morgan fingerprint density at radius 2 is 0.900 bits per heavy atom. The van der Waals surface area contributed by atoms with E-state index in [9.17, 15) is 44.6 Å². The number of esters is 2. The number of hydrogen-bond donors (Lipinski definition) is 6. The van der Waals surface area contributed by atoms with Crippen molar-refractivity contribution in [1.82, 2.24) is 0 Å².